The summed E-state index contributed by atoms with van der Waals surface area (Å²) in [5.74, 6) is -1.20. The van der Waals surface area contributed by atoms with E-state index in [9.17, 15) is 28.0 Å². The van der Waals surface area contributed by atoms with Gasteiger partial charge in [0.25, 0.3) is 5.91 Å². The Hall–Kier alpha value is -4.05. The summed E-state index contributed by atoms with van der Waals surface area (Å²) in [6, 6.07) is 15.2. The van der Waals surface area contributed by atoms with Crippen LogP contribution in [0.4, 0.5) is 18.9 Å². The number of nitrogens with zero attached hydrogens (tertiary/aromatic N) is 1. The standard InChI is InChI=1S/C26H18F3IN2O5/c1-36-22-11-16(10-21(30)23(22)37-14-15-5-7-17(8-6-15)25(34)35)9-18(13-31)24(33)32-20-4-2-3-19(12-20)26(27,28)29/h2-12H,14H2,1H3,(H,32,33)(H,34,35)/b18-9+. The molecule has 0 aliphatic heterocycles. The molecular weight excluding hydrogens is 604 g/mol. The molecule has 37 heavy (non-hydrogen) atoms. The van der Waals surface area contributed by atoms with Gasteiger partial charge in [0.2, 0.25) is 0 Å². The zero-order chi connectivity index (χ0) is 27.2. The number of carbonyl (C=O) groups excluding carboxylic acids is 1. The van der Waals surface area contributed by atoms with E-state index in [2.05, 4.69) is 5.32 Å². The van der Waals surface area contributed by atoms with Crippen LogP contribution in [0.5, 0.6) is 11.5 Å². The monoisotopic (exact) mass is 622 g/mol. The third-order valence-corrected chi connectivity index (χ3v) is 5.76. The van der Waals surface area contributed by atoms with Crippen LogP contribution in [-0.2, 0) is 17.6 Å². The Morgan fingerprint density at radius 3 is 2.43 bits per heavy atom. The van der Waals surface area contributed by atoms with Gasteiger partial charge in [-0.2, -0.15) is 18.4 Å². The number of halogens is 4. The van der Waals surface area contributed by atoms with Crippen molar-refractivity contribution in [2.45, 2.75) is 12.8 Å². The van der Waals surface area contributed by atoms with Gasteiger partial charge in [-0.3, -0.25) is 4.79 Å². The molecule has 1 amide bonds. The van der Waals surface area contributed by atoms with Crippen molar-refractivity contribution in [2.24, 2.45) is 0 Å². The van der Waals surface area contributed by atoms with Gasteiger partial charge in [0.05, 0.1) is 21.8 Å². The Labute approximate surface area is 223 Å². The number of carboxylic acids is 1. The summed E-state index contributed by atoms with van der Waals surface area (Å²) in [5.41, 5.74) is -0.0614. The van der Waals surface area contributed by atoms with Crippen LogP contribution in [0, 0.1) is 14.9 Å². The maximum absolute atomic E-state index is 12.9. The second-order valence-corrected chi connectivity index (χ2v) is 8.69. The van der Waals surface area contributed by atoms with Crippen molar-refractivity contribution >= 4 is 46.2 Å². The molecule has 0 fully saturated rings. The highest BCUT2D eigenvalue weighted by Gasteiger charge is 2.30. The third kappa shape index (κ3) is 7.23. The van der Waals surface area contributed by atoms with E-state index in [0.717, 1.165) is 23.8 Å². The minimum absolute atomic E-state index is 0.103. The van der Waals surface area contributed by atoms with Crippen LogP contribution in [0.1, 0.15) is 27.0 Å². The molecule has 0 radical (unpaired) electrons. The van der Waals surface area contributed by atoms with Crippen LogP contribution in [0.2, 0.25) is 0 Å². The number of nitrogens with one attached hydrogen (secondary N) is 1. The number of anilines is 1. The lowest BCUT2D eigenvalue weighted by molar-refractivity contribution is -0.137. The smallest absolute Gasteiger partial charge is 0.416 e. The molecule has 0 atom stereocenters. The Balaban J connectivity index is 1.79. The summed E-state index contributed by atoms with van der Waals surface area (Å²) in [6.07, 6.45) is -3.30. The van der Waals surface area contributed by atoms with Crippen molar-refractivity contribution in [3.05, 3.63) is 92.1 Å². The molecule has 0 saturated heterocycles. The van der Waals surface area contributed by atoms with E-state index in [1.807, 2.05) is 22.6 Å². The SMILES string of the molecule is COc1cc(/C=C(\C#N)C(=O)Nc2cccc(C(F)(F)F)c2)cc(I)c1OCc1ccc(C(=O)O)cc1. The number of nitriles is 1. The number of carbonyl (C=O) groups is 2. The minimum Gasteiger partial charge on any atom is -0.493 e. The van der Waals surface area contributed by atoms with Crippen molar-refractivity contribution in [1.29, 1.82) is 5.26 Å². The average molecular weight is 622 g/mol. The number of hydrogen-bond acceptors (Lipinski definition) is 5. The molecular formula is C26H18F3IN2O5. The van der Waals surface area contributed by atoms with E-state index >= 15 is 0 Å². The van der Waals surface area contributed by atoms with Crippen molar-refractivity contribution in [3.63, 3.8) is 0 Å². The molecule has 0 bridgehead atoms. The topological polar surface area (TPSA) is 109 Å². The van der Waals surface area contributed by atoms with E-state index in [1.165, 1.54) is 31.4 Å². The highest BCUT2D eigenvalue weighted by Crippen LogP contribution is 2.35. The number of aromatic carboxylic acids is 1. The molecule has 0 spiro atoms. The Morgan fingerprint density at radius 1 is 1.14 bits per heavy atom. The van der Waals surface area contributed by atoms with Crippen LogP contribution in [-0.4, -0.2) is 24.1 Å². The van der Waals surface area contributed by atoms with Gasteiger partial charge in [0.15, 0.2) is 11.5 Å². The molecule has 2 N–H and O–H groups in total. The number of carboxylic acid groups (broad SMARTS) is 1. The normalized spacial score (nSPS) is 11.4. The van der Waals surface area contributed by atoms with Gasteiger partial charge >= 0.3 is 12.1 Å². The molecule has 0 aliphatic carbocycles. The summed E-state index contributed by atoms with van der Waals surface area (Å²) in [6.45, 7) is 0.129. The highest BCUT2D eigenvalue weighted by molar-refractivity contribution is 14.1. The van der Waals surface area contributed by atoms with E-state index in [0.29, 0.717) is 20.6 Å². The Morgan fingerprint density at radius 2 is 1.84 bits per heavy atom. The summed E-state index contributed by atoms with van der Waals surface area (Å²) in [4.78, 5) is 23.6. The van der Waals surface area contributed by atoms with Crippen LogP contribution in [0.3, 0.4) is 0 Å². The fourth-order valence-corrected chi connectivity index (χ4v) is 3.93. The molecule has 190 valence electrons. The maximum Gasteiger partial charge on any atom is 0.416 e. The number of hydrogen-bond donors (Lipinski definition) is 2. The minimum atomic E-state index is -4.58. The number of alkyl halides is 3. The number of rotatable bonds is 8. The molecule has 0 saturated carbocycles. The highest BCUT2D eigenvalue weighted by atomic mass is 127. The number of ether oxygens (including phenoxy) is 2. The second kappa shape index (κ2) is 11.8. The summed E-state index contributed by atoms with van der Waals surface area (Å²) in [7, 11) is 1.42. The van der Waals surface area contributed by atoms with Crippen molar-refractivity contribution in [3.8, 4) is 17.6 Å². The van der Waals surface area contributed by atoms with Gasteiger partial charge in [-0.1, -0.05) is 18.2 Å². The molecule has 0 unspecified atom stereocenters. The van der Waals surface area contributed by atoms with Crippen LogP contribution in [0.15, 0.2) is 66.2 Å². The molecule has 0 heterocycles. The van der Waals surface area contributed by atoms with Crippen LogP contribution < -0.4 is 14.8 Å². The summed E-state index contributed by atoms with van der Waals surface area (Å²) >= 11 is 2.00. The largest absolute Gasteiger partial charge is 0.493 e. The molecule has 3 aromatic carbocycles. The first-order chi connectivity index (χ1) is 17.5. The average Bonchev–Trinajstić information content (AvgIpc) is 2.86. The van der Waals surface area contributed by atoms with Gasteiger partial charge in [0, 0.05) is 5.69 Å². The fourth-order valence-electron chi connectivity index (χ4n) is 3.15. The lowest BCUT2D eigenvalue weighted by Gasteiger charge is -2.14. The van der Waals surface area contributed by atoms with Gasteiger partial charge < -0.3 is 19.9 Å². The molecule has 3 aromatic rings. The Bertz CT molecular complexity index is 1400. The quantitative estimate of drug-likeness (QED) is 0.178. The molecule has 11 heteroatoms. The van der Waals surface area contributed by atoms with Crippen molar-refractivity contribution < 1.29 is 37.3 Å². The summed E-state index contributed by atoms with van der Waals surface area (Å²) < 4.78 is 50.7. The molecule has 0 aromatic heterocycles. The van der Waals surface area contributed by atoms with E-state index < -0.39 is 23.6 Å². The first kappa shape index (κ1) is 27.5. The molecule has 3 rings (SSSR count). The van der Waals surface area contributed by atoms with Gasteiger partial charge in [0.1, 0.15) is 18.2 Å². The number of amides is 1. The zero-order valence-corrected chi connectivity index (χ0v) is 21.3. The number of benzene rings is 3. The number of methoxy groups -OCH3 is 1. The van der Waals surface area contributed by atoms with E-state index in [1.54, 1.807) is 30.3 Å². The predicted molar refractivity (Wildman–Crippen MR) is 137 cm³/mol. The van der Waals surface area contributed by atoms with E-state index in [-0.39, 0.29) is 23.4 Å². The zero-order valence-electron chi connectivity index (χ0n) is 19.1. The fraction of sp³-hybridized carbons (Fsp3) is 0.115. The van der Waals surface area contributed by atoms with Crippen molar-refractivity contribution in [2.75, 3.05) is 12.4 Å². The lowest BCUT2D eigenvalue weighted by atomic mass is 10.1. The van der Waals surface area contributed by atoms with Crippen molar-refractivity contribution in [1.82, 2.24) is 0 Å². The van der Waals surface area contributed by atoms with Gasteiger partial charge in [-0.25, -0.2) is 4.79 Å². The lowest BCUT2D eigenvalue weighted by Crippen LogP contribution is -2.14. The maximum atomic E-state index is 12.9. The Kier molecular flexibility index (Phi) is 8.77. The first-order valence-corrected chi connectivity index (χ1v) is 11.5. The second-order valence-electron chi connectivity index (χ2n) is 7.53. The van der Waals surface area contributed by atoms with Gasteiger partial charge in [-0.05, 0) is 82.3 Å². The van der Waals surface area contributed by atoms with E-state index in [4.69, 9.17) is 14.6 Å². The molecule has 0 aliphatic rings. The summed E-state index contributed by atoms with van der Waals surface area (Å²) in [5, 5.41) is 20.8. The molecule has 7 nitrogen and oxygen atoms in total. The third-order valence-electron chi connectivity index (χ3n) is 4.96. The predicted octanol–water partition coefficient (Wildman–Crippen LogP) is 6.14. The van der Waals surface area contributed by atoms with Crippen LogP contribution >= 0.6 is 22.6 Å². The van der Waals surface area contributed by atoms with Crippen LogP contribution in [0.25, 0.3) is 6.08 Å². The van der Waals surface area contributed by atoms with Gasteiger partial charge in [-0.15, -0.1) is 0 Å². The first-order valence-electron chi connectivity index (χ1n) is 10.4.